The van der Waals surface area contributed by atoms with E-state index in [0.29, 0.717) is 36.1 Å². The number of guanidine groups is 1. The highest BCUT2D eigenvalue weighted by Crippen LogP contribution is 2.19. The zero-order valence-electron chi connectivity index (χ0n) is 13.2. The molecule has 1 aromatic carbocycles. The summed E-state index contributed by atoms with van der Waals surface area (Å²) < 4.78 is 13.7. The first-order valence-corrected chi connectivity index (χ1v) is 8.64. The van der Waals surface area contributed by atoms with Gasteiger partial charge in [0.2, 0.25) is 0 Å². The van der Waals surface area contributed by atoms with Crippen molar-refractivity contribution in [2.75, 3.05) is 13.6 Å². The van der Waals surface area contributed by atoms with Crippen molar-refractivity contribution in [1.29, 1.82) is 0 Å². The van der Waals surface area contributed by atoms with Crippen LogP contribution in [0.1, 0.15) is 22.4 Å². The number of halogens is 2. The summed E-state index contributed by atoms with van der Waals surface area (Å²) in [7, 11) is 1.70. The molecule has 1 aromatic heterocycles. The van der Waals surface area contributed by atoms with Crippen molar-refractivity contribution in [2.45, 2.75) is 26.3 Å². The lowest BCUT2D eigenvalue weighted by Crippen LogP contribution is -2.37. The highest BCUT2D eigenvalue weighted by atomic mass is 35.5. The molecule has 0 saturated heterocycles. The quantitative estimate of drug-likeness (QED) is 0.617. The molecule has 2 N–H and O–H groups in total. The van der Waals surface area contributed by atoms with E-state index < -0.39 is 0 Å². The third kappa shape index (κ3) is 5.18. The number of aliphatic imine (C=N–C) groups is 1. The Labute approximate surface area is 144 Å². The number of nitrogens with zero attached hydrogens (tertiary/aromatic N) is 2. The van der Waals surface area contributed by atoms with Crippen LogP contribution in [0.25, 0.3) is 0 Å². The fourth-order valence-electron chi connectivity index (χ4n) is 2.05. The van der Waals surface area contributed by atoms with Gasteiger partial charge in [-0.15, -0.1) is 11.3 Å². The largest absolute Gasteiger partial charge is 0.356 e. The number of benzene rings is 1. The van der Waals surface area contributed by atoms with E-state index in [1.807, 2.05) is 6.20 Å². The molecule has 23 heavy (non-hydrogen) atoms. The SMILES string of the molecule is CCc1cnc(CNC(=NC)NCCc2c(F)cccc2Cl)s1. The van der Waals surface area contributed by atoms with Gasteiger partial charge in [0.15, 0.2) is 5.96 Å². The first kappa shape index (κ1) is 17.7. The average molecular weight is 355 g/mol. The van der Waals surface area contributed by atoms with E-state index in [0.717, 1.165) is 11.4 Å². The Hall–Kier alpha value is -1.66. The third-order valence-electron chi connectivity index (χ3n) is 3.31. The van der Waals surface area contributed by atoms with Gasteiger partial charge in [0.05, 0.1) is 6.54 Å². The minimum Gasteiger partial charge on any atom is -0.356 e. The van der Waals surface area contributed by atoms with Gasteiger partial charge in [0.25, 0.3) is 0 Å². The van der Waals surface area contributed by atoms with Crippen molar-refractivity contribution >= 4 is 28.9 Å². The predicted molar refractivity (Wildman–Crippen MR) is 94.8 cm³/mol. The predicted octanol–water partition coefficient (Wildman–Crippen LogP) is 3.41. The molecule has 124 valence electrons. The van der Waals surface area contributed by atoms with E-state index in [-0.39, 0.29) is 5.82 Å². The normalized spacial score (nSPS) is 11.6. The first-order valence-electron chi connectivity index (χ1n) is 7.45. The summed E-state index contributed by atoms with van der Waals surface area (Å²) in [4.78, 5) is 9.76. The Bertz CT molecular complexity index is 652. The summed E-state index contributed by atoms with van der Waals surface area (Å²) in [5, 5.41) is 7.82. The number of hydrogen-bond donors (Lipinski definition) is 2. The second-order valence-electron chi connectivity index (χ2n) is 4.88. The molecule has 7 heteroatoms. The standard InChI is InChI=1S/C16H20ClFN4S/c1-3-11-9-21-15(23-11)10-22-16(19-2)20-8-7-12-13(17)5-4-6-14(12)18/h4-6,9H,3,7-8,10H2,1-2H3,(H2,19,20,22). The van der Waals surface area contributed by atoms with Crippen LogP contribution in [0.5, 0.6) is 0 Å². The molecular formula is C16H20ClFN4S. The average Bonchev–Trinajstić information content (AvgIpc) is 3.01. The van der Waals surface area contributed by atoms with Gasteiger partial charge in [0.1, 0.15) is 10.8 Å². The highest BCUT2D eigenvalue weighted by Gasteiger charge is 2.07. The van der Waals surface area contributed by atoms with Gasteiger partial charge in [0, 0.05) is 35.3 Å². The maximum Gasteiger partial charge on any atom is 0.191 e. The van der Waals surface area contributed by atoms with E-state index >= 15 is 0 Å². The summed E-state index contributed by atoms with van der Waals surface area (Å²) in [5.74, 6) is 0.378. The molecule has 0 spiro atoms. The Balaban J connectivity index is 1.81. The minimum atomic E-state index is -0.280. The van der Waals surface area contributed by atoms with E-state index in [1.54, 1.807) is 30.5 Å². The topological polar surface area (TPSA) is 49.3 Å². The van der Waals surface area contributed by atoms with E-state index in [2.05, 4.69) is 27.5 Å². The molecular weight excluding hydrogens is 335 g/mol. The summed E-state index contributed by atoms with van der Waals surface area (Å²) in [6.07, 6.45) is 3.38. The molecule has 0 aliphatic rings. The van der Waals surface area contributed by atoms with Gasteiger partial charge >= 0.3 is 0 Å². The van der Waals surface area contributed by atoms with Crippen molar-refractivity contribution in [3.8, 4) is 0 Å². The fraction of sp³-hybridized carbons (Fsp3) is 0.375. The molecule has 4 nitrogen and oxygen atoms in total. The van der Waals surface area contributed by atoms with Gasteiger partial charge in [-0.05, 0) is 25.0 Å². The molecule has 0 radical (unpaired) electrons. The lowest BCUT2D eigenvalue weighted by atomic mass is 10.1. The number of hydrogen-bond acceptors (Lipinski definition) is 3. The Morgan fingerprint density at radius 2 is 2.22 bits per heavy atom. The maximum absolute atomic E-state index is 13.7. The van der Waals surface area contributed by atoms with Gasteiger partial charge in [-0.1, -0.05) is 24.6 Å². The zero-order chi connectivity index (χ0) is 16.7. The van der Waals surface area contributed by atoms with Gasteiger partial charge in [-0.2, -0.15) is 0 Å². The molecule has 0 saturated carbocycles. The van der Waals surface area contributed by atoms with Crippen molar-refractivity contribution in [3.05, 3.63) is 50.7 Å². The molecule has 1 heterocycles. The van der Waals surface area contributed by atoms with Crippen molar-refractivity contribution in [1.82, 2.24) is 15.6 Å². The number of aryl methyl sites for hydroxylation is 1. The summed E-state index contributed by atoms with van der Waals surface area (Å²) in [6.45, 7) is 3.27. The minimum absolute atomic E-state index is 0.280. The van der Waals surface area contributed by atoms with Crippen LogP contribution >= 0.6 is 22.9 Å². The Morgan fingerprint density at radius 3 is 2.87 bits per heavy atom. The van der Waals surface area contributed by atoms with Gasteiger partial charge in [-0.3, -0.25) is 4.99 Å². The van der Waals surface area contributed by atoms with Crippen LogP contribution in [0.4, 0.5) is 4.39 Å². The highest BCUT2D eigenvalue weighted by molar-refractivity contribution is 7.11. The lowest BCUT2D eigenvalue weighted by molar-refractivity contribution is 0.607. The monoisotopic (exact) mass is 354 g/mol. The number of nitrogens with one attached hydrogen (secondary N) is 2. The first-order chi connectivity index (χ1) is 11.1. The molecule has 0 aliphatic heterocycles. The molecule has 0 unspecified atom stereocenters. The van der Waals surface area contributed by atoms with E-state index in [4.69, 9.17) is 11.6 Å². The van der Waals surface area contributed by atoms with Crippen LogP contribution < -0.4 is 10.6 Å². The molecule has 2 rings (SSSR count). The van der Waals surface area contributed by atoms with Crippen LogP contribution in [0.15, 0.2) is 29.4 Å². The third-order valence-corrected chi connectivity index (χ3v) is 4.81. The van der Waals surface area contributed by atoms with E-state index in [1.165, 1.54) is 10.9 Å². The molecule has 0 bridgehead atoms. The number of aromatic nitrogens is 1. The Morgan fingerprint density at radius 1 is 1.39 bits per heavy atom. The fourth-order valence-corrected chi connectivity index (χ4v) is 3.11. The summed E-state index contributed by atoms with van der Waals surface area (Å²) in [5.41, 5.74) is 0.518. The van der Waals surface area contributed by atoms with Crippen LogP contribution in [-0.2, 0) is 19.4 Å². The van der Waals surface area contributed by atoms with Crippen molar-refractivity contribution < 1.29 is 4.39 Å². The molecule has 0 atom stereocenters. The van der Waals surface area contributed by atoms with Crippen LogP contribution in [0, 0.1) is 5.82 Å². The number of rotatable bonds is 6. The van der Waals surface area contributed by atoms with Gasteiger partial charge in [-0.25, -0.2) is 9.37 Å². The molecule has 0 fully saturated rings. The van der Waals surface area contributed by atoms with Crippen LogP contribution in [-0.4, -0.2) is 24.5 Å². The lowest BCUT2D eigenvalue weighted by Gasteiger charge is -2.11. The van der Waals surface area contributed by atoms with Crippen molar-refractivity contribution in [3.63, 3.8) is 0 Å². The van der Waals surface area contributed by atoms with E-state index in [9.17, 15) is 4.39 Å². The number of thiazole rings is 1. The summed E-state index contributed by atoms with van der Waals surface area (Å²) in [6, 6.07) is 4.72. The molecule has 2 aromatic rings. The molecule has 0 amide bonds. The smallest absolute Gasteiger partial charge is 0.191 e. The second-order valence-corrected chi connectivity index (χ2v) is 6.48. The van der Waals surface area contributed by atoms with Crippen LogP contribution in [0.3, 0.4) is 0 Å². The van der Waals surface area contributed by atoms with Crippen molar-refractivity contribution in [2.24, 2.45) is 4.99 Å². The second kappa shape index (κ2) is 8.84. The maximum atomic E-state index is 13.7. The molecule has 0 aliphatic carbocycles. The summed E-state index contributed by atoms with van der Waals surface area (Å²) >= 11 is 7.70. The zero-order valence-corrected chi connectivity index (χ0v) is 14.8. The Kier molecular flexibility index (Phi) is 6.80. The van der Waals surface area contributed by atoms with Crippen LogP contribution in [0.2, 0.25) is 5.02 Å². The van der Waals surface area contributed by atoms with Gasteiger partial charge < -0.3 is 10.6 Å².